The number of nitro benzene ring substituents is 3. The summed E-state index contributed by atoms with van der Waals surface area (Å²) < 4.78 is 1.06. The van der Waals surface area contributed by atoms with Gasteiger partial charge in [0.05, 0.1) is 37.5 Å². The van der Waals surface area contributed by atoms with Crippen molar-refractivity contribution in [3.05, 3.63) is 97.3 Å². The maximum absolute atomic E-state index is 11.1. The lowest BCUT2D eigenvalue weighted by Crippen LogP contribution is -2.28. The highest BCUT2D eigenvalue weighted by molar-refractivity contribution is 7.99. The van der Waals surface area contributed by atoms with Crippen LogP contribution in [-0.4, -0.2) is 20.0 Å². The first kappa shape index (κ1) is 22.0. The van der Waals surface area contributed by atoms with Crippen LogP contribution in [0.1, 0.15) is 0 Å². The van der Waals surface area contributed by atoms with Crippen LogP contribution in [0, 0.1) is 30.3 Å². The van der Waals surface area contributed by atoms with Crippen LogP contribution in [-0.2, 0) is 0 Å². The standard InChI is InChI=1S/C11H10NOS.C6H3N3O7/c13-12-8-4-7-11(9-12)14-10-5-2-1-3-6-10;10-6-4(8(13)14)1-3(7(11)12)2-5(6)9(15)16/h1-9,13H;1-2,10H/q+1;/p-1. The van der Waals surface area contributed by atoms with Gasteiger partial charge >= 0.3 is 0 Å². The van der Waals surface area contributed by atoms with Gasteiger partial charge in [-0.25, -0.2) is 0 Å². The van der Waals surface area contributed by atoms with Gasteiger partial charge in [-0.2, -0.15) is 0 Å². The van der Waals surface area contributed by atoms with E-state index in [2.05, 4.69) is 0 Å². The molecule has 154 valence electrons. The lowest BCUT2D eigenvalue weighted by Gasteiger charge is -2.06. The van der Waals surface area contributed by atoms with Crippen LogP contribution in [0.2, 0.25) is 0 Å². The molecule has 0 aliphatic rings. The molecule has 0 aliphatic heterocycles. The quantitative estimate of drug-likeness (QED) is 0.275. The molecule has 0 bridgehead atoms. The highest BCUT2D eigenvalue weighted by Gasteiger charge is 2.24. The Bertz CT molecular complexity index is 1060. The monoisotopic (exact) mass is 432 g/mol. The van der Waals surface area contributed by atoms with Crippen molar-refractivity contribution in [1.29, 1.82) is 0 Å². The molecule has 13 heteroatoms. The van der Waals surface area contributed by atoms with Gasteiger partial charge in [0.2, 0.25) is 12.4 Å². The lowest BCUT2D eigenvalue weighted by molar-refractivity contribution is -0.906. The zero-order valence-corrected chi connectivity index (χ0v) is 15.7. The molecule has 30 heavy (non-hydrogen) atoms. The first-order valence-corrected chi connectivity index (χ1v) is 8.72. The van der Waals surface area contributed by atoms with Crippen molar-refractivity contribution in [2.45, 2.75) is 9.79 Å². The number of rotatable bonds is 5. The molecule has 0 fully saturated rings. The summed E-state index contributed by atoms with van der Waals surface area (Å²) >= 11 is 1.62. The number of nitrogens with zero attached hydrogens (tertiary/aromatic N) is 4. The third-order valence-corrected chi connectivity index (χ3v) is 4.36. The van der Waals surface area contributed by atoms with E-state index < -0.39 is 37.6 Å². The molecular weight excluding hydrogens is 420 g/mol. The maximum atomic E-state index is 11.1. The number of pyridine rings is 1. The van der Waals surface area contributed by atoms with Gasteiger partial charge in [0.15, 0.2) is 0 Å². The molecule has 1 aromatic heterocycles. The van der Waals surface area contributed by atoms with Crippen LogP contribution < -0.4 is 9.84 Å². The van der Waals surface area contributed by atoms with Crippen molar-refractivity contribution < 1.29 is 29.8 Å². The van der Waals surface area contributed by atoms with Gasteiger partial charge in [-0.3, -0.25) is 35.6 Å². The Morgan fingerprint density at radius 3 is 1.80 bits per heavy atom. The molecule has 3 aromatic rings. The number of non-ortho nitro benzene ring substituents is 1. The molecule has 0 saturated heterocycles. The van der Waals surface area contributed by atoms with Gasteiger partial charge in [0.25, 0.3) is 17.1 Å². The fourth-order valence-electron chi connectivity index (χ4n) is 2.09. The van der Waals surface area contributed by atoms with Crippen LogP contribution in [0.5, 0.6) is 5.75 Å². The summed E-state index contributed by atoms with van der Waals surface area (Å²) in [4.78, 5) is 29.7. The van der Waals surface area contributed by atoms with Crippen LogP contribution in [0.25, 0.3) is 0 Å². The largest absolute Gasteiger partial charge is 0.863 e. The van der Waals surface area contributed by atoms with E-state index in [9.17, 15) is 40.7 Å². The van der Waals surface area contributed by atoms with E-state index >= 15 is 0 Å². The van der Waals surface area contributed by atoms with Crippen LogP contribution in [0.15, 0.2) is 76.8 Å². The molecular formula is C17H12N4O8S. The Labute approximate surface area is 172 Å². The Balaban J connectivity index is 0.000000215. The minimum atomic E-state index is -1.46. The number of aromatic nitrogens is 1. The molecule has 3 rings (SSSR count). The minimum absolute atomic E-state index is 0.384. The first-order chi connectivity index (χ1) is 14.2. The van der Waals surface area contributed by atoms with E-state index in [0.717, 1.165) is 9.63 Å². The predicted octanol–water partition coefficient (Wildman–Crippen LogP) is 2.85. The van der Waals surface area contributed by atoms with Crippen molar-refractivity contribution >= 4 is 28.8 Å². The van der Waals surface area contributed by atoms with Crippen molar-refractivity contribution in [2.75, 3.05) is 0 Å². The third-order valence-electron chi connectivity index (χ3n) is 3.38. The Hall–Kier alpha value is -4.26. The number of hydrogen-bond donors (Lipinski definition) is 1. The summed E-state index contributed by atoms with van der Waals surface area (Å²) in [5.74, 6) is -1.46. The highest BCUT2D eigenvalue weighted by atomic mass is 32.2. The van der Waals surface area contributed by atoms with Gasteiger partial charge in [0.1, 0.15) is 0 Å². The summed E-state index contributed by atoms with van der Waals surface area (Å²) in [6.07, 6.45) is 3.27. The van der Waals surface area contributed by atoms with Crippen molar-refractivity contribution in [2.24, 2.45) is 0 Å². The summed E-state index contributed by atoms with van der Waals surface area (Å²) in [5, 5.41) is 51.3. The van der Waals surface area contributed by atoms with Gasteiger partial charge in [-0.15, -0.1) is 0 Å². The predicted molar refractivity (Wildman–Crippen MR) is 100 cm³/mol. The number of hydrogen-bond acceptors (Lipinski definition) is 9. The Morgan fingerprint density at radius 2 is 1.33 bits per heavy atom. The van der Waals surface area contributed by atoms with Gasteiger partial charge < -0.3 is 5.11 Å². The van der Waals surface area contributed by atoms with E-state index in [1.165, 1.54) is 4.90 Å². The topological polar surface area (TPSA) is 177 Å². The Kier molecular flexibility index (Phi) is 7.19. The molecule has 1 heterocycles. The molecule has 0 spiro atoms. The average molecular weight is 432 g/mol. The molecule has 0 aliphatic carbocycles. The van der Waals surface area contributed by atoms with Gasteiger partial charge in [-0.05, 0) is 18.2 Å². The molecule has 0 radical (unpaired) electrons. The molecule has 0 saturated carbocycles. The van der Waals surface area contributed by atoms with Crippen molar-refractivity contribution in [3.8, 4) is 5.75 Å². The maximum Gasteiger partial charge on any atom is 0.283 e. The summed E-state index contributed by atoms with van der Waals surface area (Å²) in [5.41, 5.74) is -3.26. The van der Waals surface area contributed by atoms with Crippen LogP contribution in [0.4, 0.5) is 17.1 Å². The molecule has 0 unspecified atom stereocenters. The van der Waals surface area contributed by atoms with E-state index in [1.807, 2.05) is 42.5 Å². The number of benzene rings is 2. The fourth-order valence-corrected chi connectivity index (χ4v) is 2.96. The van der Waals surface area contributed by atoms with E-state index in [1.54, 1.807) is 24.2 Å². The van der Waals surface area contributed by atoms with Gasteiger partial charge in [0, 0.05) is 15.7 Å². The Morgan fingerprint density at radius 1 is 0.800 bits per heavy atom. The summed E-state index contributed by atoms with van der Waals surface area (Å²) in [7, 11) is 0. The smallest absolute Gasteiger partial charge is 0.283 e. The molecule has 0 amide bonds. The number of nitro groups is 3. The zero-order chi connectivity index (χ0) is 22.3. The SMILES string of the molecule is O=[N+]([O-])c1cc([N+](=O)[O-])c([O-])c([N+](=O)[O-])c1.O[n+]1cccc(Sc2ccccc2)c1. The van der Waals surface area contributed by atoms with Crippen LogP contribution in [0.3, 0.4) is 0 Å². The van der Waals surface area contributed by atoms with Crippen LogP contribution >= 0.6 is 11.8 Å². The minimum Gasteiger partial charge on any atom is -0.863 e. The summed E-state index contributed by atoms with van der Waals surface area (Å²) in [6.45, 7) is 0. The normalized spacial score (nSPS) is 9.87. The second kappa shape index (κ2) is 9.79. The first-order valence-electron chi connectivity index (χ1n) is 7.90. The van der Waals surface area contributed by atoms with E-state index in [0.29, 0.717) is 12.1 Å². The fraction of sp³-hybridized carbons (Fsp3) is 0. The molecule has 1 N–H and O–H groups in total. The highest BCUT2D eigenvalue weighted by Crippen LogP contribution is 2.36. The molecule has 2 aromatic carbocycles. The second-order valence-electron chi connectivity index (χ2n) is 5.42. The van der Waals surface area contributed by atoms with Crippen molar-refractivity contribution in [1.82, 2.24) is 0 Å². The van der Waals surface area contributed by atoms with Gasteiger partial charge in [-0.1, -0.05) is 30.0 Å². The zero-order valence-electron chi connectivity index (χ0n) is 14.9. The third kappa shape index (κ3) is 5.87. The van der Waals surface area contributed by atoms with E-state index in [-0.39, 0.29) is 0 Å². The molecule has 12 nitrogen and oxygen atoms in total. The average Bonchev–Trinajstić information content (AvgIpc) is 2.69. The summed E-state index contributed by atoms with van der Waals surface area (Å²) in [6, 6.07) is 14.6. The second-order valence-corrected chi connectivity index (χ2v) is 6.57. The van der Waals surface area contributed by atoms with Crippen molar-refractivity contribution in [3.63, 3.8) is 0 Å². The molecule has 0 atom stereocenters. The lowest BCUT2D eigenvalue weighted by atomic mass is 10.2. The van der Waals surface area contributed by atoms with E-state index in [4.69, 9.17) is 0 Å².